The summed E-state index contributed by atoms with van der Waals surface area (Å²) in [4.78, 5) is 12.4. The third-order valence-electron chi connectivity index (χ3n) is 5.26. The van der Waals surface area contributed by atoms with Gasteiger partial charge in [0.15, 0.2) is 0 Å². The molecular formula is C19H20N2O. The van der Waals surface area contributed by atoms with E-state index in [2.05, 4.69) is 10.5 Å². The highest BCUT2D eigenvalue weighted by molar-refractivity contribution is 6.07. The van der Waals surface area contributed by atoms with Crippen molar-refractivity contribution in [3.05, 3.63) is 48.0 Å². The van der Waals surface area contributed by atoms with E-state index in [-0.39, 0.29) is 5.91 Å². The van der Waals surface area contributed by atoms with Gasteiger partial charge in [-0.2, -0.15) is 5.10 Å². The first-order valence-corrected chi connectivity index (χ1v) is 8.12. The van der Waals surface area contributed by atoms with Crippen molar-refractivity contribution in [3.8, 4) is 0 Å². The van der Waals surface area contributed by atoms with Crippen molar-refractivity contribution in [2.24, 2.45) is 22.9 Å². The molecule has 2 aliphatic carbocycles. The first-order valence-electron chi connectivity index (χ1n) is 8.12. The van der Waals surface area contributed by atoms with Crippen molar-refractivity contribution in [1.29, 1.82) is 0 Å². The summed E-state index contributed by atoms with van der Waals surface area (Å²) in [5, 5.41) is 6.28. The van der Waals surface area contributed by atoms with E-state index in [0.717, 1.165) is 22.6 Å². The molecular weight excluding hydrogens is 272 g/mol. The molecule has 0 radical (unpaired) electrons. The van der Waals surface area contributed by atoms with Gasteiger partial charge in [0.25, 0.3) is 5.91 Å². The van der Waals surface area contributed by atoms with Crippen molar-refractivity contribution in [2.45, 2.75) is 25.7 Å². The Labute approximate surface area is 130 Å². The summed E-state index contributed by atoms with van der Waals surface area (Å²) in [7, 11) is 0. The first kappa shape index (κ1) is 13.5. The number of nitrogens with zero attached hydrogens (tertiary/aromatic N) is 1. The van der Waals surface area contributed by atoms with Gasteiger partial charge >= 0.3 is 0 Å². The third kappa shape index (κ3) is 2.41. The summed E-state index contributed by atoms with van der Waals surface area (Å²) in [6, 6.07) is 13.7. The van der Waals surface area contributed by atoms with Gasteiger partial charge in [-0.1, -0.05) is 42.8 Å². The number of hydrogen-bond acceptors (Lipinski definition) is 2. The van der Waals surface area contributed by atoms with Crippen molar-refractivity contribution in [1.82, 2.24) is 5.43 Å². The average Bonchev–Trinajstić information content (AvgIpc) is 3.17. The maximum atomic E-state index is 12.4. The highest BCUT2D eigenvalue weighted by atomic mass is 16.2. The first-order chi connectivity index (χ1) is 10.8. The van der Waals surface area contributed by atoms with Crippen LogP contribution in [0.3, 0.4) is 0 Å². The van der Waals surface area contributed by atoms with Gasteiger partial charge in [-0.15, -0.1) is 0 Å². The molecule has 3 nitrogen and oxygen atoms in total. The molecule has 22 heavy (non-hydrogen) atoms. The SMILES string of the molecule is O=C(N/N=C\[C@@H]1C[C@H]2CC[C@H]1C2)c1cccc2ccccc12. The number of benzene rings is 2. The van der Waals surface area contributed by atoms with E-state index in [0.29, 0.717) is 11.5 Å². The van der Waals surface area contributed by atoms with E-state index >= 15 is 0 Å². The Balaban J connectivity index is 1.47. The normalized spacial score (nSPS) is 26.8. The van der Waals surface area contributed by atoms with Crippen LogP contribution in [-0.2, 0) is 0 Å². The van der Waals surface area contributed by atoms with Crippen LogP contribution in [0.15, 0.2) is 47.6 Å². The second kappa shape index (κ2) is 5.56. The van der Waals surface area contributed by atoms with Crippen LogP contribution in [0.2, 0.25) is 0 Å². The van der Waals surface area contributed by atoms with Crippen molar-refractivity contribution >= 4 is 22.9 Å². The van der Waals surface area contributed by atoms with Crippen LogP contribution in [0.25, 0.3) is 10.8 Å². The molecule has 112 valence electrons. The Hall–Kier alpha value is -2.16. The number of hydrazone groups is 1. The summed E-state index contributed by atoms with van der Waals surface area (Å²) in [5.41, 5.74) is 3.39. The van der Waals surface area contributed by atoms with Crippen LogP contribution >= 0.6 is 0 Å². The van der Waals surface area contributed by atoms with Crippen molar-refractivity contribution in [3.63, 3.8) is 0 Å². The molecule has 0 aliphatic heterocycles. The molecule has 2 aliphatic rings. The standard InChI is InChI=1S/C19H20N2O/c22-19(18-7-3-5-14-4-1-2-6-17(14)18)21-20-12-16-11-13-8-9-15(16)10-13/h1-7,12-13,15-16H,8-11H2,(H,21,22)/b20-12-/t13-,15-,16-/m0/s1. The lowest BCUT2D eigenvalue weighted by molar-refractivity contribution is 0.0956. The Morgan fingerprint density at radius 2 is 1.95 bits per heavy atom. The van der Waals surface area contributed by atoms with Gasteiger partial charge < -0.3 is 0 Å². The summed E-state index contributed by atoms with van der Waals surface area (Å²) < 4.78 is 0. The zero-order valence-corrected chi connectivity index (χ0v) is 12.5. The molecule has 2 fully saturated rings. The number of rotatable bonds is 3. The largest absolute Gasteiger partial charge is 0.271 e. The van der Waals surface area contributed by atoms with Gasteiger partial charge in [-0.3, -0.25) is 4.79 Å². The monoisotopic (exact) mass is 292 g/mol. The maximum Gasteiger partial charge on any atom is 0.271 e. The fraction of sp³-hybridized carbons (Fsp3) is 0.368. The minimum absolute atomic E-state index is 0.129. The Bertz CT molecular complexity index is 732. The lowest BCUT2D eigenvalue weighted by Gasteiger charge is -2.16. The van der Waals surface area contributed by atoms with Crippen LogP contribution in [0.5, 0.6) is 0 Å². The van der Waals surface area contributed by atoms with Crippen LogP contribution in [0, 0.1) is 17.8 Å². The predicted molar refractivity (Wildman–Crippen MR) is 88.8 cm³/mol. The highest BCUT2D eigenvalue weighted by Crippen LogP contribution is 2.47. The van der Waals surface area contributed by atoms with E-state index in [1.807, 2.05) is 48.7 Å². The predicted octanol–water partition coefficient (Wildman–Crippen LogP) is 3.99. The maximum absolute atomic E-state index is 12.4. The molecule has 1 amide bonds. The summed E-state index contributed by atoms with van der Waals surface area (Å²) >= 11 is 0. The molecule has 0 unspecified atom stereocenters. The van der Waals surface area contributed by atoms with Crippen LogP contribution in [0.1, 0.15) is 36.0 Å². The second-order valence-electron chi connectivity index (χ2n) is 6.58. The van der Waals surface area contributed by atoms with E-state index in [9.17, 15) is 4.79 Å². The molecule has 2 saturated carbocycles. The molecule has 3 atom stereocenters. The van der Waals surface area contributed by atoms with Gasteiger partial charge in [-0.05, 0) is 53.9 Å². The van der Waals surface area contributed by atoms with E-state index in [1.165, 1.54) is 25.7 Å². The number of nitrogens with one attached hydrogen (secondary N) is 1. The van der Waals surface area contributed by atoms with E-state index in [4.69, 9.17) is 0 Å². The molecule has 4 rings (SSSR count). The fourth-order valence-corrected chi connectivity index (χ4v) is 4.15. The molecule has 3 heteroatoms. The minimum Gasteiger partial charge on any atom is -0.267 e. The van der Waals surface area contributed by atoms with Crippen LogP contribution in [-0.4, -0.2) is 12.1 Å². The molecule has 0 aromatic heterocycles. The average molecular weight is 292 g/mol. The van der Waals surface area contributed by atoms with Gasteiger partial charge in [-0.25, -0.2) is 5.43 Å². The quantitative estimate of drug-likeness (QED) is 0.674. The minimum atomic E-state index is -0.129. The fourth-order valence-electron chi connectivity index (χ4n) is 4.15. The molecule has 2 aromatic carbocycles. The Morgan fingerprint density at radius 1 is 1.09 bits per heavy atom. The number of amides is 1. The summed E-state index contributed by atoms with van der Waals surface area (Å²) in [6.45, 7) is 0. The Kier molecular flexibility index (Phi) is 3.41. The lowest BCUT2D eigenvalue weighted by atomic mass is 9.90. The zero-order valence-electron chi connectivity index (χ0n) is 12.5. The molecule has 2 aromatic rings. The molecule has 0 heterocycles. The highest BCUT2D eigenvalue weighted by Gasteiger charge is 2.38. The van der Waals surface area contributed by atoms with Crippen LogP contribution < -0.4 is 5.43 Å². The van der Waals surface area contributed by atoms with Crippen molar-refractivity contribution in [2.75, 3.05) is 0 Å². The van der Waals surface area contributed by atoms with Crippen LogP contribution in [0.4, 0.5) is 0 Å². The Morgan fingerprint density at radius 3 is 2.77 bits per heavy atom. The summed E-state index contributed by atoms with van der Waals surface area (Å²) in [6.07, 6.45) is 7.29. The number of fused-ring (bicyclic) bond motifs is 3. The number of carbonyl (C=O) groups is 1. The number of carbonyl (C=O) groups excluding carboxylic acids is 1. The number of hydrogen-bond donors (Lipinski definition) is 1. The van der Waals surface area contributed by atoms with E-state index in [1.54, 1.807) is 0 Å². The van der Waals surface area contributed by atoms with Gasteiger partial charge in [0.05, 0.1) is 0 Å². The molecule has 0 spiro atoms. The van der Waals surface area contributed by atoms with Gasteiger partial charge in [0.1, 0.15) is 0 Å². The second-order valence-corrected chi connectivity index (χ2v) is 6.58. The third-order valence-corrected chi connectivity index (χ3v) is 5.26. The smallest absolute Gasteiger partial charge is 0.267 e. The summed E-state index contributed by atoms with van der Waals surface area (Å²) in [5.74, 6) is 2.13. The van der Waals surface area contributed by atoms with E-state index < -0.39 is 0 Å². The topological polar surface area (TPSA) is 41.5 Å². The van der Waals surface area contributed by atoms with Gasteiger partial charge in [0.2, 0.25) is 0 Å². The zero-order chi connectivity index (χ0) is 14.9. The molecule has 2 bridgehead atoms. The van der Waals surface area contributed by atoms with Gasteiger partial charge in [0, 0.05) is 11.8 Å². The molecule has 0 saturated heterocycles. The molecule has 1 N–H and O–H groups in total. The lowest BCUT2D eigenvalue weighted by Crippen LogP contribution is -2.20. The van der Waals surface area contributed by atoms with Crippen molar-refractivity contribution < 1.29 is 4.79 Å².